The molecule has 0 aliphatic carbocycles. The zero-order chi connectivity index (χ0) is 40.7. The SMILES string of the molecule is CCCCCCCCCCCCCCCCCCCCCCCC(=O)OC(COCCCCCCCCCCCCCC)COC1OC(CO)C(O)C(O)C1O. The molecule has 0 radical (unpaired) electrons. The van der Waals surface area contributed by atoms with E-state index in [1.54, 1.807) is 0 Å². The first-order chi connectivity index (χ1) is 27.4. The second-order valence-electron chi connectivity index (χ2n) is 16.9. The highest BCUT2D eigenvalue weighted by Crippen LogP contribution is 2.23. The van der Waals surface area contributed by atoms with Gasteiger partial charge in [0.1, 0.15) is 30.5 Å². The summed E-state index contributed by atoms with van der Waals surface area (Å²) in [6.07, 6.45) is 35.6. The fraction of sp³-hybridized carbons (Fsp3) is 0.979. The zero-order valence-corrected chi connectivity index (χ0v) is 36.7. The van der Waals surface area contributed by atoms with Crippen LogP contribution >= 0.6 is 0 Å². The summed E-state index contributed by atoms with van der Waals surface area (Å²) in [5, 5.41) is 40.1. The third kappa shape index (κ3) is 30.3. The van der Waals surface area contributed by atoms with Gasteiger partial charge < -0.3 is 39.4 Å². The van der Waals surface area contributed by atoms with Gasteiger partial charge in [-0.2, -0.15) is 0 Å². The molecule has 1 heterocycles. The minimum Gasteiger partial charge on any atom is -0.457 e. The molecule has 56 heavy (non-hydrogen) atoms. The van der Waals surface area contributed by atoms with E-state index in [1.165, 1.54) is 180 Å². The van der Waals surface area contributed by atoms with Crippen molar-refractivity contribution >= 4 is 5.97 Å². The molecule has 1 rings (SSSR count). The van der Waals surface area contributed by atoms with Gasteiger partial charge in [0.15, 0.2) is 6.29 Å². The zero-order valence-electron chi connectivity index (χ0n) is 36.7. The normalized spacial score (nSPS) is 20.4. The maximum Gasteiger partial charge on any atom is 0.306 e. The standard InChI is InChI=1S/C47H92O9/c1-3-5-7-9-11-13-15-17-18-19-20-21-22-23-24-25-26-28-30-32-34-36-43(49)55-41(40-54-47-46(52)45(51)44(50)42(38-48)56-47)39-53-37-35-33-31-29-27-16-14-12-10-8-6-4-2/h41-42,44-48,50-52H,3-40H2,1-2H3. The van der Waals surface area contributed by atoms with Crippen LogP contribution in [0.3, 0.4) is 0 Å². The van der Waals surface area contributed by atoms with Crippen molar-refractivity contribution in [1.29, 1.82) is 0 Å². The number of rotatable bonds is 42. The third-order valence-corrected chi connectivity index (χ3v) is 11.5. The molecule has 0 aromatic heterocycles. The average Bonchev–Trinajstić information content (AvgIpc) is 3.20. The Morgan fingerprint density at radius 3 is 1.27 bits per heavy atom. The smallest absolute Gasteiger partial charge is 0.306 e. The van der Waals surface area contributed by atoms with Crippen LogP contribution in [-0.2, 0) is 23.7 Å². The Balaban J connectivity index is 2.18. The fourth-order valence-corrected chi connectivity index (χ4v) is 7.73. The van der Waals surface area contributed by atoms with Gasteiger partial charge in [-0.3, -0.25) is 4.79 Å². The summed E-state index contributed by atoms with van der Waals surface area (Å²) in [6.45, 7) is 4.61. The predicted molar refractivity (Wildman–Crippen MR) is 229 cm³/mol. The molecule has 9 nitrogen and oxygen atoms in total. The first-order valence-corrected chi connectivity index (χ1v) is 24.1. The van der Waals surface area contributed by atoms with Crippen LogP contribution in [0.5, 0.6) is 0 Å². The van der Waals surface area contributed by atoms with Crippen LogP contribution in [-0.4, -0.2) is 89.6 Å². The summed E-state index contributed by atoms with van der Waals surface area (Å²) < 4.78 is 22.8. The number of carbonyl (C=O) groups is 1. The van der Waals surface area contributed by atoms with Gasteiger partial charge in [0.25, 0.3) is 0 Å². The second-order valence-corrected chi connectivity index (χ2v) is 16.9. The fourth-order valence-electron chi connectivity index (χ4n) is 7.73. The van der Waals surface area contributed by atoms with Gasteiger partial charge in [0.2, 0.25) is 0 Å². The highest BCUT2D eigenvalue weighted by molar-refractivity contribution is 5.69. The van der Waals surface area contributed by atoms with Crippen LogP contribution in [0, 0.1) is 0 Å². The molecule has 1 aliphatic rings. The predicted octanol–water partition coefficient (Wildman–Crippen LogP) is 11.0. The molecule has 1 fully saturated rings. The van der Waals surface area contributed by atoms with Gasteiger partial charge in [-0.05, 0) is 12.8 Å². The molecule has 4 N–H and O–H groups in total. The number of esters is 1. The largest absolute Gasteiger partial charge is 0.457 e. The van der Waals surface area contributed by atoms with Crippen molar-refractivity contribution in [2.45, 2.75) is 269 Å². The lowest BCUT2D eigenvalue weighted by molar-refractivity contribution is -0.305. The van der Waals surface area contributed by atoms with E-state index >= 15 is 0 Å². The number of aliphatic hydroxyl groups is 4. The lowest BCUT2D eigenvalue weighted by Crippen LogP contribution is -2.59. The monoisotopic (exact) mass is 801 g/mol. The van der Waals surface area contributed by atoms with Crippen molar-refractivity contribution in [2.75, 3.05) is 26.4 Å². The molecular formula is C47H92O9. The number of ether oxygens (including phenoxy) is 4. The quantitative estimate of drug-likeness (QED) is 0.0351. The molecule has 0 saturated carbocycles. The third-order valence-electron chi connectivity index (χ3n) is 11.5. The molecule has 334 valence electrons. The summed E-state index contributed by atoms with van der Waals surface area (Å²) in [4.78, 5) is 12.8. The number of carbonyl (C=O) groups excluding carboxylic acids is 1. The Hall–Kier alpha value is -0.810. The van der Waals surface area contributed by atoms with Gasteiger partial charge in [0, 0.05) is 13.0 Å². The summed E-state index contributed by atoms with van der Waals surface area (Å²) in [5.41, 5.74) is 0. The van der Waals surface area contributed by atoms with Crippen molar-refractivity contribution in [3.63, 3.8) is 0 Å². The van der Waals surface area contributed by atoms with Crippen LogP contribution in [0.2, 0.25) is 0 Å². The van der Waals surface area contributed by atoms with Crippen molar-refractivity contribution in [2.24, 2.45) is 0 Å². The lowest BCUT2D eigenvalue weighted by Gasteiger charge is -2.39. The van der Waals surface area contributed by atoms with Crippen LogP contribution in [0.1, 0.15) is 232 Å². The molecule has 1 saturated heterocycles. The minimum atomic E-state index is -1.53. The van der Waals surface area contributed by atoms with Crippen LogP contribution < -0.4 is 0 Å². The Morgan fingerprint density at radius 1 is 0.500 bits per heavy atom. The maximum atomic E-state index is 12.8. The van der Waals surface area contributed by atoms with E-state index in [2.05, 4.69) is 13.8 Å². The molecule has 1 aliphatic heterocycles. The summed E-state index contributed by atoms with van der Waals surface area (Å²) in [6, 6.07) is 0. The van der Waals surface area contributed by atoms with Crippen LogP contribution in [0.4, 0.5) is 0 Å². The molecule has 0 amide bonds. The van der Waals surface area contributed by atoms with E-state index in [4.69, 9.17) is 18.9 Å². The van der Waals surface area contributed by atoms with E-state index in [-0.39, 0.29) is 19.2 Å². The first-order valence-electron chi connectivity index (χ1n) is 24.1. The van der Waals surface area contributed by atoms with Gasteiger partial charge in [-0.1, -0.05) is 213 Å². The van der Waals surface area contributed by atoms with E-state index in [1.807, 2.05) is 0 Å². The molecule has 9 heteroatoms. The topological polar surface area (TPSA) is 135 Å². The first kappa shape index (κ1) is 53.2. The molecule has 6 atom stereocenters. The summed E-state index contributed by atoms with van der Waals surface area (Å²) in [7, 11) is 0. The van der Waals surface area contributed by atoms with E-state index in [0.717, 1.165) is 32.1 Å². The summed E-state index contributed by atoms with van der Waals surface area (Å²) >= 11 is 0. The molecule has 6 unspecified atom stereocenters. The van der Waals surface area contributed by atoms with Gasteiger partial charge in [-0.25, -0.2) is 0 Å². The van der Waals surface area contributed by atoms with Gasteiger partial charge >= 0.3 is 5.97 Å². The van der Waals surface area contributed by atoms with E-state index in [9.17, 15) is 25.2 Å². The van der Waals surface area contributed by atoms with E-state index < -0.39 is 43.4 Å². The number of hydrogen-bond donors (Lipinski definition) is 4. The highest BCUT2D eigenvalue weighted by atomic mass is 16.7. The second kappa shape index (κ2) is 39.6. The van der Waals surface area contributed by atoms with E-state index in [0.29, 0.717) is 13.0 Å². The Morgan fingerprint density at radius 2 is 0.875 bits per heavy atom. The number of hydrogen-bond acceptors (Lipinski definition) is 9. The van der Waals surface area contributed by atoms with Gasteiger partial charge in [0.05, 0.1) is 19.8 Å². The van der Waals surface area contributed by atoms with Crippen molar-refractivity contribution in [3.8, 4) is 0 Å². The Labute approximate surface area is 344 Å². The van der Waals surface area contributed by atoms with Crippen molar-refractivity contribution in [3.05, 3.63) is 0 Å². The molecular weight excluding hydrogens is 709 g/mol. The summed E-state index contributed by atoms with van der Waals surface area (Å²) in [5.74, 6) is -0.306. The molecule has 0 aromatic rings. The van der Waals surface area contributed by atoms with Crippen LogP contribution in [0.15, 0.2) is 0 Å². The maximum absolute atomic E-state index is 12.8. The average molecular weight is 801 g/mol. The Bertz CT molecular complexity index is 827. The number of unbranched alkanes of at least 4 members (excludes halogenated alkanes) is 31. The highest BCUT2D eigenvalue weighted by Gasteiger charge is 2.44. The molecule has 0 spiro atoms. The van der Waals surface area contributed by atoms with Gasteiger partial charge in [-0.15, -0.1) is 0 Å². The van der Waals surface area contributed by atoms with Crippen LogP contribution in [0.25, 0.3) is 0 Å². The molecule has 0 bridgehead atoms. The minimum absolute atomic E-state index is 0.105. The number of aliphatic hydroxyl groups excluding tert-OH is 4. The van der Waals surface area contributed by atoms with Crippen molar-refractivity contribution in [1.82, 2.24) is 0 Å². The lowest BCUT2D eigenvalue weighted by atomic mass is 9.99. The van der Waals surface area contributed by atoms with Crippen molar-refractivity contribution < 1.29 is 44.2 Å². The molecule has 0 aromatic carbocycles. The Kier molecular flexibility index (Phi) is 37.7.